The highest BCUT2D eigenvalue weighted by molar-refractivity contribution is 7.95. The van der Waals surface area contributed by atoms with Crippen molar-refractivity contribution in [3.63, 3.8) is 0 Å². The van der Waals surface area contributed by atoms with Crippen LogP contribution in [0, 0.1) is 16.9 Å². The summed E-state index contributed by atoms with van der Waals surface area (Å²) in [5, 5.41) is 13.7. The maximum atomic E-state index is 11.9. The summed E-state index contributed by atoms with van der Waals surface area (Å²) in [6.45, 7) is 0. The molecule has 1 aromatic rings. The van der Waals surface area contributed by atoms with Crippen LogP contribution in [0.5, 0.6) is 0 Å². The fourth-order valence-electron chi connectivity index (χ4n) is 1.12. The Morgan fingerprint density at radius 1 is 1.47 bits per heavy atom. The maximum absolute atomic E-state index is 11.9. The monoisotopic (exact) mass is 250 g/mol. The van der Waals surface area contributed by atoms with Crippen molar-refractivity contribution in [1.29, 1.82) is 10.8 Å². The van der Waals surface area contributed by atoms with Gasteiger partial charge in [-0.3, -0.25) is 0 Å². The largest absolute Gasteiger partial charge is 0.392 e. The molecule has 1 aromatic carbocycles. The molecule has 0 aliphatic carbocycles. The minimum atomic E-state index is -3.80. The summed E-state index contributed by atoms with van der Waals surface area (Å²) < 4.78 is 23.9. The van der Waals surface area contributed by atoms with E-state index in [0.29, 0.717) is 5.56 Å². The van der Waals surface area contributed by atoms with Crippen molar-refractivity contribution in [2.45, 2.75) is 4.90 Å². The molecule has 88 valence electrons. The van der Waals surface area contributed by atoms with Gasteiger partial charge in [-0.2, -0.15) is 5.26 Å². The SMILES string of the molecule is CN/C=C(\N=N)S(=O)(=O)c1ccc(C#N)cc1. The predicted molar refractivity (Wildman–Crippen MR) is 60.6 cm³/mol. The van der Waals surface area contributed by atoms with Crippen LogP contribution in [-0.4, -0.2) is 15.5 Å². The van der Waals surface area contributed by atoms with Crippen molar-refractivity contribution in [3.8, 4) is 6.07 Å². The molecule has 0 heterocycles. The average molecular weight is 250 g/mol. The first kappa shape index (κ1) is 12.9. The molecule has 0 unspecified atom stereocenters. The van der Waals surface area contributed by atoms with Gasteiger partial charge in [0.15, 0.2) is 5.03 Å². The Morgan fingerprint density at radius 3 is 2.47 bits per heavy atom. The summed E-state index contributed by atoms with van der Waals surface area (Å²) in [6.07, 6.45) is 1.13. The number of nitrogens with one attached hydrogen (secondary N) is 2. The smallest absolute Gasteiger partial charge is 0.227 e. The highest BCUT2D eigenvalue weighted by Crippen LogP contribution is 2.19. The highest BCUT2D eigenvalue weighted by atomic mass is 32.2. The molecule has 0 atom stereocenters. The highest BCUT2D eigenvalue weighted by Gasteiger charge is 2.20. The summed E-state index contributed by atoms with van der Waals surface area (Å²) in [5.74, 6) is 0. The second-order valence-electron chi connectivity index (χ2n) is 3.02. The molecule has 0 saturated heterocycles. The Labute approximate surface area is 99.0 Å². The second kappa shape index (κ2) is 5.23. The number of hydrogen-bond acceptors (Lipinski definition) is 6. The number of nitriles is 1. The summed E-state index contributed by atoms with van der Waals surface area (Å²) in [5.41, 5.74) is 7.20. The molecule has 0 saturated carbocycles. The lowest BCUT2D eigenvalue weighted by atomic mass is 10.2. The van der Waals surface area contributed by atoms with Crippen LogP contribution in [0.15, 0.2) is 45.5 Å². The normalized spacial score (nSPS) is 11.6. The standard InChI is InChI=1S/C10H10N4O2S/c1-13-7-10(14-12)17(15,16)9-4-2-8(6-11)3-5-9/h2-5,7,12-13H,1H3/b10-7+,14-12?. The van der Waals surface area contributed by atoms with Gasteiger partial charge in [-0.25, -0.2) is 13.9 Å². The van der Waals surface area contributed by atoms with Gasteiger partial charge in [-0.15, -0.1) is 5.11 Å². The molecule has 0 radical (unpaired) electrons. The third-order valence-corrected chi connectivity index (χ3v) is 3.60. The fraction of sp³-hybridized carbons (Fsp3) is 0.100. The van der Waals surface area contributed by atoms with E-state index in [1.54, 1.807) is 0 Å². The average Bonchev–Trinajstić information content (AvgIpc) is 2.35. The zero-order valence-electron chi connectivity index (χ0n) is 9.01. The lowest BCUT2D eigenvalue weighted by Crippen LogP contribution is -2.06. The van der Waals surface area contributed by atoms with Crippen LogP contribution >= 0.6 is 0 Å². The first-order valence-electron chi connectivity index (χ1n) is 4.56. The third kappa shape index (κ3) is 2.68. The molecule has 0 aromatic heterocycles. The topological polar surface area (TPSA) is 106 Å². The molecule has 6 nitrogen and oxygen atoms in total. The van der Waals surface area contributed by atoms with Crippen molar-refractivity contribution >= 4 is 9.84 Å². The molecule has 0 bridgehead atoms. The van der Waals surface area contributed by atoms with Crippen molar-refractivity contribution in [2.24, 2.45) is 5.11 Å². The van der Waals surface area contributed by atoms with Gasteiger partial charge in [0.25, 0.3) is 0 Å². The quantitative estimate of drug-likeness (QED) is 0.787. The minimum Gasteiger partial charge on any atom is -0.392 e. The van der Waals surface area contributed by atoms with Crippen molar-refractivity contribution in [2.75, 3.05) is 7.05 Å². The first-order chi connectivity index (χ1) is 8.06. The van der Waals surface area contributed by atoms with Gasteiger partial charge in [0.05, 0.1) is 16.5 Å². The van der Waals surface area contributed by atoms with E-state index in [2.05, 4.69) is 10.4 Å². The zero-order valence-corrected chi connectivity index (χ0v) is 9.82. The molecule has 0 aliphatic rings. The van der Waals surface area contributed by atoms with Gasteiger partial charge in [0, 0.05) is 13.2 Å². The van der Waals surface area contributed by atoms with Crippen LogP contribution in [-0.2, 0) is 9.84 Å². The van der Waals surface area contributed by atoms with Crippen LogP contribution < -0.4 is 5.32 Å². The van der Waals surface area contributed by atoms with Gasteiger partial charge in [0.2, 0.25) is 9.84 Å². The lowest BCUT2D eigenvalue weighted by molar-refractivity contribution is 0.600. The Bertz CT molecular complexity index is 582. The number of hydrogen-bond donors (Lipinski definition) is 2. The van der Waals surface area contributed by atoms with Crippen LogP contribution in [0.1, 0.15) is 5.56 Å². The zero-order chi connectivity index (χ0) is 12.9. The van der Waals surface area contributed by atoms with Gasteiger partial charge in [-0.05, 0) is 24.3 Å². The van der Waals surface area contributed by atoms with Gasteiger partial charge >= 0.3 is 0 Å². The molecule has 1 rings (SSSR count). The van der Waals surface area contributed by atoms with E-state index in [9.17, 15) is 8.42 Å². The first-order valence-corrected chi connectivity index (χ1v) is 6.04. The molecule has 0 amide bonds. The number of sulfone groups is 1. The summed E-state index contributed by atoms with van der Waals surface area (Å²) in [4.78, 5) is -0.00556. The molecule has 7 heteroatoms. The fourth-order valence-corrected chi connectivity index (χ4v) is 2.25. The molecule has 0 spiro atoms. The number of rotatable bonds is 4. The van der Waals surface area contributed by atoms with E-state index < -0.39 is 9.84 Å². The van der Waals surface area contributed by atoms with Crippen LogP contribution in [0.3, 0.4) is 0 Å². The van der Waals surface area contributed by atoms with E-state index >= 15 is 0 Å². The summed E-state index contributed by atoms with van der Waals surface area (Å²) >= 11 is 0. The van der Waals surface area contributed by atoms with Crippen LogP contribution in [0.2, 0.25) is 0 Å². The van der Waals surface area contributed by atoms with E-state index in [4.69, 9.17) is 10.8 Å². The Morgan fingerprint density at radius 2 is 2.06 bits per heavy atom. The third-order valence-electron chi connectivity index (χ3n) is 1.95. The van der Waals surface area contributed by atoms with Crippen molar-refractivity contribution in [1.82, 2.24) is 5.32 Å². The summed E-state index contributed by atoms with van der Waals surface area (Å²) in [6, 6.07) is 7.30. The van der Waals surface area contributed by atoms with E-state index in [1.807, 2.05) is 6.07 Å². The van der Waals surface area contributed by atoms with Gasteiger partial charge in [-0.1, -0.05) is 0 Å². The Hall–Kier alpha value is -2.20. The van der Waals surface area contributed by atoms with E-state index in [1.165, 1.54) is 31.3 Å². The minimum absolute atomic E-state index is 0.00556. The second-order valence-corrected chi connectivity index (χ2v) is 4.92. The predicted octanol–water partition coefficient (Wildman–Crippen LogP) is 1.38. The van der Waals surface area contributed by atoms with Crippen molar-refractivity contribution in [3.05, 3.63) is 41.1 Å². The molecule has 2 N–H and O–H groups in total. The molecule has 0 aliphatic heterocycles. The van der Waals surface area contributed by atoms with Gasteiger partial charge < -0.3 is 5.32 Å². The number of benzene rings is 1. The van der Waals surface area contributed by atoms with E-state index in [0.717, 1.165) is 6.20 Å². The van der Waals surface area contributed by atoms with Crippen LogP contribution in [0.4, 0.5) is 0 Å². The number of nitrogens with zero attached hydrogens (tertiary/aromatic N) is 2. The Kier molecular flexibility index (Phi) is 3.96. The van der Waals surface area contributed by atoms with Gasteiger partial charge in [0.1, 0.15) is 0 Å². The van der Waals surface area contributed by atoms with Crippen LogP contribution in [0.25, 0.3) is 0 Å². The van der Waals surface area contributed by atoms with E-state index in [-0.39, 0.29) is 9.92 Å². The van der Waals surface area contributed by atoms with Crippen molar-refractivity contribution < 1.29 is 8.42 Å². The molecule has 0 fully saturated rings. The molecular formula is C10H10N4O2S. The summed E-state index contributed by atoms with van der Waals surface area (Å²) in [7, 11) is -2.29. The molecule has 17 heavy (non-hydrogen) atoms. The Balaban J connectivity index is 3.26. The maximum Gasteiger partial charge on any atom is 0.227 e. The molecular weight excluding hydrogens is 240 g/mol. The lowest BCUT2D eigenvalue weighted by Gasteiger charge is -2.03.